The molecule has 1 N–H and O–H groups in total. The minimum absolute atomic E-state index is 0.0838. The van der Waals surface area contributed by atoms with E-state index >= 15 is 0 Å². The van der Waals surface area contributed by atoms with Crippen molar-refractivity contribution in [1.82, 2.24) is 4.90 Å². The third kappa shape index (κ3) is 2.92. The van der Waals surface area contributed by atoms with Crippen LogP contribution >= 0.6 is 0 Å². The van der Waals surface area contributed by atoms with Gasteiger partial charge in [0.15, 0.2) is 14.6 Å². The molecule has 1 aromatic rings. The molecule has 1 aliphatic carbocycles. The van der Waals surface area contributed by atoms with E-state index in [1.165, 1.54) is 4.90 Å². The second-order valence-electron chi connectivity index (χ2n) is 7.65. The van der Waals surface area contributed by atoms with Crippen LogP contribution < -0.4 is 0 Å². The van der Waals surface area contributed by atoms with Gasteiger partial charge in [0.1, 0.15) is 0 Å². The Morgan fingerprint density at radius 3 is 2.19 bits per heavy atom. The van der Waals surface area contributed by atoms with Gasteiger partial charge in [-0.15, -0.1) is 0 Å². The highest BCUT2D eigenvalue weighted by Gasteiger charge is 2.56. The molecule has 1 aromatic carbocycles. The van der Waals surface area contributed by atoms with E-state index in [0.29, 0.717) is 32.2 Å². The number of carbonyl (C=O) groups excluding carboxylic acids is 1. The summed E-state index contributed by atoms with van der Waals surface area (Å²) in [6, 6.07) is 6.59. The van der Waals surface area contributed by atoms with Gasteiger partial charge in [0.25, 0.3) is 0 Å². The molecule has 2 fully saturated rings. The second-order valence-corrected chi connectivity index (χ2v) is 9.91. The minimum Gasteiger partial charge on any atom is -0.481 e. The monoisotopic (exact) mass is 379 g/mol. The van der Waals surface area contributed by atoms with E-state index in [2.05, 4.69) is 0 Å². The van der Waals surface area contributed by atoms with Crippen LogP contribution in [0.15, 0.2) is 29.2 Å². The molecule has 1 amide bonds. The fraction of sp³-hybridized carbons (Fsp3) is 0.579. The molecule has 0 bridgehead atoms. The zero-order chi connectivity index (χ0) is 19.1. The van der Waals surface area contributed by atoms with Gasteiger partial charge >= 0.3 is 5.97 Å². The third-order valence-corrected chi connectivity index (χ3v) is 8.37. The van der Waals surface area contributed by atoms with Crippen molar-refractivity contribution in [2.24, 2.45) is 11.8 Å². The summed E-state index contributed by atoms with van der Waals surface area (Å²) in [6.07, 6.45) is 1.96. The largest absolute Gasteiger partial charge is 0.481 e. The number of amides is 1. The van der Waals surface area contributed by atoms with Gasteiger partial charge in [0, 0.05) is 13.1 Å². The molecular weight excluding hydrogens is 354 g/mol. The standard InChI is InChI=1S/C19H25NO5S/c1-13-5-7-15(8-6-13)26(24,25)19(9-3-4-10-19)18(23)20-11-14(2)16(12-20)17(21)22/h5-8,14,16H,3-4,9-12H2,1-2H3,(H,21,22)/t14-,16-/m1/s1. The first-order valence-corrected chi connectivity index (χ1v) is 10.5. The lowest BCUT2D eigenvalue weighted by atomic mass is 9.99. The van der Waals surface area contributed by atoms with Crippen molar-refractivity contribution in [2.45, 2.75) is 49.2 Å². The molecule has 2 aliphatic rings. The fourth-order valence-corrected chi connectivity index (χ4v) is 6.36. The SMILES string of the molecule is Cc1ccc(S(=O)(=O)C2(C(=O)N3C[C@@H](C)[C@H](C(=O)O)C3)CCCC2)cc1. The van der Waals surface area contributed by atoms with Crippen LogP contribution in [0.4, 0.5) is 0 Å². The van der Waals surface area contributed by atoms with Crippen LogP contribution in [0.5, 0.6) is 0 Å². The highest BCUT2D eigenvalue weighted by molar-refractivity contribution is 7.93. The number of nitrogens with zero attached hydrogens (tertiary/aromatic N) is 1. The van der Waals surface area contributed by atoms with Crippen LogP contribution in [0.1, 0.15) is 38.2 Å². The Morgan fingerprint density at radius 1 is 1.12 bits per heavy atom. The Morgan fingerprint density at radius 2 is 1.69 bits per heavy atom. The number of aryl methyl sites for hydroxylation is 1. The van der Waals surface area contributed by atoms with Gasteiger partial charge in [-0.3, -0.25) is 9.59 Å². The van der Waals surface area contributed by atoms with Crippen LogP contribution in [0.3, 0.4) is 0 Å². The molecule has 7 heteroatoms. The summed E-state index contributed by atoms with van der Waals surface area (Å²) in [5.41, 5.74) is 0.952. The van der Waals surface area contributed by atoms with Gasteiger partial charge in [0.2, 0.25) is 5.91 Å². The molecule has 2 atom stereocenters. The number of carbonyl (C=O) groups is 2. The van der Waals surface area contributed by atoms with Gasteiger partial charge in [-0.2, -0.15) is 0 Å². The van der Waals surface area contributed by atoms with Gasteiger partial charge in [-0.05, 0) is 37.8 Å². The number of sulfone groups is 1. The number of hydrogen-bond donors (Lipinski definition) is 1. The molecule has 1 aliphatic heterocycles. The molecule has 142 valence electrons. The highest BCUT2D eigenvalue weighted by Crippen LogP contribution is 2.43. The van der Waals surface area contributed by atoms with E-state index in [1.54, 1.807) is 31.2 Å². The third-order valence-electron chi connectivity index (χ3n) is 5.86. The topological polar surface area (TPSA) is 91.8 Å². The first-order chi connectivity index (χ1) is 12.2. The van der Waals surface area contributed by atoms with Gasteiger partial charge < -0.3 is 10.0 Å². The molecule has 0 aromatic heterocycles. The van der Waals surface area contributed by atoms with E-state index in [-0.39, 0.29) is 17.4 Å². The summed E-state index contributed by atoms with van der Waals surface area (Å²) in [5.74, 6) is -2.18. The summed E-state index contributed by atoms with van der Waals surface area (Å²) in [6.45, 7) is 4.05. The molecule has 3 rings (SSSR count). The molecular formula is C19H25NO5S. The van der Waals surface area contributed by atoms with E-state index < -0.39 is 32.4 Å². The van der Waals surface area contributed by atoms with Crippen molar-refractivity contribution in [3.05, 3.63) is 29.8 Å². The number of aliphatic carboxylic acids is 1. The van der Waals surface area contributed by atoms with Gasteiger partial charge in [-0.25, -0.2) is 8.42 Å². The molecule has 1 saturated heterocycles. The summed E-state index contributed by atoms with van der Waals surface area (Å²) in [7, 11) is -3.85. The molecule has 0 radical (unpaired) electrons. The predicted molar refractivity (Wildman–Crippen MR) is 96.4 cm³/mol. The maximum atomic E-state index is 13.4. The first-order valence-electron chi connectivity index (χ1n) is 9.02. The molecule has 26 heavy (non-hydrogen) atoms. The Hall–Kier alpha value is -1.89. The van der Waals surface area contributed by atoms with E-state index in [9.17, 15) is 23.1 Å². The lowest BCUT2D eigenvalue weighted by Gasteiger charge is -2.32. The molecule has 6 nitrogen and oxygen atoms in total. The lowest BCUT2D eigenvalue weighted by molar-refractivity contribution is -0.142. The number of likely N-dealkylation sites (tertiary alicyclic amines) is 1. The van der Waals surface area contributed by atoms with Crippen LogP contribution in [0.25, 0.3) is 0 Å². The smallest absolute Gasteiger partial charge is 0.308 e. The quantitative estimate of drug-likeness (QED) is 0.866. The van der Waals surface area contributed by atoms with Crippen molar-refractivity contribution in [1.29, 1.82) is 0 Å². The fourth-order valence-electron chi connectivity index (χ4n) is 4.23. The lowest BCUT2D eigenvalue weighted by Crippen LogP contribution is -2.52. The minimum atomic E-state index is -3.85. The maximum Gasteiger partial charge on any atom is 0.308 e. The molecule has 0 spiro atoms. The molecule has 1 heterocycles. The van der Waals surface area contributed by atoms with Crippen molar-refractivity contribution in [2.75, 3.05) is 13.1 Å². The Kier molecular flexibility index (Phi) is 4.86. The summed E-state index contributed by atoms with van der Waals surface area (Å²) in [5, 5.41) is 9.32. The summed E-state index contributed by atoms with van der Waals surface area (Å²) >= 11 is 0. The van der Waals surface area contributed by atoms with Crippen molar-refractivity contribution >= 4 is 21.7 Å². The average molecular weight is 379 g/mol. The van der Waals surface area contributed by atoms with Gasteiger partial charge in [0.05, 0.1) is 10.8 Å². The number of rotatable bonds is 4. The van der Waals surface area contributed by atoms with Crippen LogP contribution in [0.2, 0.25) is 0 Å². The Balaban J connectivity index is 1.97. The Labute approximate surface area is 154 Å². The van der Waals surface area contributed by atoms with E-state index in [1.807, 2.05) is 6.92 Å². The van der Waals surface area contributed by atoms with Crippen LogP contribution in [0, 0.1) is 18.8 Å². The average Bonchev–Trinajstić information content (AvgIpc) is 3.22. The van der Waals surface area contributed by atoms with Crippen molar-refractivity contribution < 1.29 is 23.1 Å². The first kappa shape index (κ1) is 18.9. The normalized spacial score (nSPS) is 25.4. The maximum absolute atomic E-state index is 13.4. The summed E-state index contributed by atoms with van der Waals surface area (Å²) in [4.78, 5) is 26.3. The van der Waals surface area contributed by atoms with Crippen molar-refractivity contribution in [3.8, 4) is 0 Å². The second kappa shape index (κ2) is 6.68. The summed E-state index contributed by atoms with van der Waals surface area (Å²) < 4.78 is 25.3. The number of carboxylic acids is 1. The van der Waals surface area contributed by atoms with Gasteiger partial charge in [-0.1, -0.05) is 37.5 Å². The van der Waals surface area contributed by atoms with Crippen LogP contribution in [-0.2, 0) is 19.4 Å². The number of benzene rings is 1. The van der Waals surface area contributed by atoms with E-state index in [4.69, 9.17) is 0 Å². The van der Waals surface area contributed by atoms with Crippen molar-refractivity contribution in [3.63, 3.8) is 0 Å². The molecule has 1 saturated carbocycles. The highest BCUT2D eigenvalue weighted by atomic mass is 32.2. The number of carboxylic acid groups (broad SMARTS) is 1. The van der Waals surface area contributed by atoms with Crippen LogP contribution in [-0.4, -0.2) is 48.1 Å². The van der Waals surface area contributed by atoms with E-state index in [0.717, 1.165) is 5.56 Å². The Bertz CT molecular complexity index is 809. The zero-order valence-corrected chi connectivity index (χ0v) is 16.0. The molecule has 0 unspecified atom stereocenters. The zero-order valence-electron chi connectivity index (χ0n) is 15.1. The number of hydrogen-bond acceptors (Lipinski definition) is 4. The predicted octanol–water partition coefficient (Wildman–Crippen LogP) is 2.26.